The van der Waals surface area contributed by atoms with Crippen LogP contribution in [0.25, 0.3) is 0 Å². The van der Waals surface area contributed by atoms with Gasteiger partial charge in [0, 0.05) is 29.3 Å². The summed E-state index contributed by atoms with van der Waals surface area (Å²) in [4.78, 5) is 26.4. The van der Waals surface area contributed by atoms with Crippen molar-refractivity contribution in [1.82, 2.24) is 5.32 Å². The topological polar surface area (TPSA) is 55.4 Å². The molecule has 30 heavy (non-hydrogen) atoms. The highest BCUT2D eigenvalue weighted by Gasteiger charge is 2.45. The van der Waals surface area contributed by atoms with E-state index in [9.17, 15) is 9.59 Å². The Morgan fingerprint density at radius 1 is 1.00 bits per heavy atom. The molecule has 1 aliphatic heterocycles. The maximum Gasteiger partial charge on any atom is 0.316 e. The number of benzene rings is 2. The van der Waals surface area contributed by atoms with Crippen LogP contribution in [-0.2, 0) is 14.3 Å². The van der Waals surface area contributed by atoms with Crippen molar-refractivity contribution in [2.75, 3.05) is 0 Å². The number of carbonyl (C=O) groups is 2. The van der Waals surface area contributed by atoms with Gasteiger partial charge in [-0.3, -0.25) is 9.59 Å². The summed E-state index contributed by atoms with van der Waals surface area (Å²) in [6, 6.07) is 19.9. The quantitative estimate of drug-likeness (QED) is 0.744. The molecule has 0 amide bonds. The third-order valence-corrected chi connectivity index (χ3v) is 5.87. The molecule has 0 spiro atoms. The first-order valence-electron chi connectivity index (χ1n) is 10.5. The third-order valence-electron chi connectivity index (χ3n) is 5.87. The molecule has 1 aliphatic carbocycles. The SMILES string of the molecule is C=C1NC2=C(C(=O)CC(c3ccccc3)C2)C(c2ccccc2)C1C(=O)OC(C)C. The van der Waals surface area contributed by atoms with Crippen molar-refractivity contribution in [1.29, 1.82) is 0 Å². The molecule has 154 valence electrons. The molecule has 0 aromatic heterocycles. The molecule has 3 atom stereocenters. The lowest BCUT2D eigenvalue weighted by atomic mass is 9.69. The largest absolute Gasteiger partial charge is 0.462 e. The average molecular weight is 402 g/mol. The van der Waals surface area contributed by atoms with Crippen LogP contribution in [0.3, 0.4) is 0 Å². The van der Waals surface area contributed by atoms with Crippen molar-refractivity contribution >= 4 is 11.8 Å². The van der Waals surface area contributed by atoms with Gasteiger partial charge in [-0.2, -0.15) is 0 Å². The van der Waals surface area contributed by atoms with Gasteiger partial charge in [-0.15, -0.1) is 0 Å². The van der Waals surface area contributed by atoms with E-state index in [0.717, 1.165) is 23.2 Å². The maximum absolute atomic E-state index is 13.4. The predicted octanol–water partition coefficient (Wildman–Crippen LogP) is 4.86. The predicted molar refractivity (Wildman–Crippen MR) is 117 cm³/mol. The highest BCUT2D eigenvalue weighted by atomic mass is 16.5. The minimum atomic E-state index is -0.634. The average Bonchev–Trinajstić information content (AvgIpc) is 2.73. The number of hydrogen-bond acceptors (Lipinski definition) is 4. The molecule has 2 aromatic carbocycles. The Kier molecular flexibility index (Phi) is 5.58. The van der Waals surface area contributed by atoms with Gasteiger partial charge in [0.1, 0.15) is 5.92 Å². The molecule has 4 nitrogen and oxygen atoms in total. The fourth-order valence-electron chi connectivity index (χ4n) is 4.61. The minimum absolute atomic E-state index is 0.0845. The summed E-state index contributed by atoms with van der Waals surface area (Å²) in [7, 11) is 0. The summed E-state index contributed by atoms with van der Waals surface area (Å²) in [5.41, 5.74) is 4.26. The van der Waals surface area contributed by atoms with Crippen molar-refractivity contribution in [2.24, 2.45) is 5.92 Å². The zero-order valence-electron chi connectivity index (χ0n) is 17.4. The Bertz CT molecular complexity index is 991. The second-order valence-corrected chi connectivity index (χ2v) is 8.33. The van der Waals surface area contributed by atoms with E-state index in [1.807, 2.05) is 62.4 Å². The molecule has 4 heteroatoms. The van der Waals surface area contributed by atoms with Gasteiger partial charge in [0.15, 0.2) is 5.78 Å². The number of carbonyl (C=O) groups excluding carboxylic acids is 2. The second kappa shape index (κ2) is 8.31. The number of allylic oxidation sites excluding steroid dienone is 2. The number of Topliss-reactive ketones (excluding diaryl/α,β-unsaturated/α-hetero) is 1. The first-order chi connectivity index (χ1) is 14.5. The smallest absolute Gasteiger partial charge is 0.316 e. The molecule has 0 saturated carbocycles. The van der Waals surface area contributed by atoms with E-state index >= 15 is 0 Å². The molecular formula is C26H27NO3. The van der Waals surface area contributed by atoms with Crippen LogP contribution >= 0.6 is 0 Å². The lowest BCUT2D eigenvalue weighted by molar-refractivity contribution is -0.151. The Balaban J connectivity index is 1.78. The van der Waals surface area contributed by atoms with E-state index in [0.29, 0.717) is 17.7 Å². The first-order valence-corrected chi connectivity index (χ1v) is 10.5. The molecule has 4 rings (SSSR count). The van der Waals surface area contributed by atoms with Crippen LogP contribution in [0.5, 0.6) is 0 Å². The molecule has 0 saturated heterocycles. The van der Waals surface area contributed by atoms with Crippen molar-refractivity contribution in [3.8, 4) is 0 Å². The number of hydrogen-bond donors (Lipinski definition) is 1. The molecule has 3 unspecified atom stereocenters. The minimum Gasteiger partial charge on any atom is -0.462 e. The van der Waals surface area contributed by atoms with Gasteiger partial charge >= 0.3 is 5.97 Å². The monoisotopic (exact) mass is 401 g/mol. The Morgan fingerprint density at radius 2 is 1.60 bits per heavy atom. The van der Waals surface area contributed by atoms with E-state index in [1.54, 1.807) is 0 Å². The lowest BCUT2D eigenvalue weighted by Crippen LogP contribution is -2.42. The van der Waals surface area contributed by atoms with Crippen LogP contribution in [0, 0.1) is 5.92 Å². The van der Waals surface area contributed by atoms with Crippen molar-refractivity contribution in [3.63, 3.8) is 0 Å². The number of ketones is 1. The summed E-state index contributed by atoms with van der Waals surface area (Å²) in [5, 5.41) is 3.32. The molecule has 0 bridgehead atoms. The molecule has 2 aliphatic rings. The van der Waals surface area contributed by atoms with Gasteiger partial charge in [-0.05, 0) is 37.3 Å². The maximum atomic E-state index is 13.4. The van der Waals surface area contributed by atoms with Crippen LogP contribution in [0.1, 0.15) is 49.7 Å². The van der Waals surface area contributed by atoms with Gasteiger partial charge in [0.2, 0.25) is 0 Å². The van der Waals surface area contributed by atoms with E-state index in [1.165, 1.54) is 0 Å². The van der Waals surface area contributed by atoms with Crippen LogP contribution in [0.2, 0.25) is 0 Å². The molecule has 2 aromatic rings. The summed E-state index contributed by atoms with van der Waals surface area (Å²) in [5.74, 6) is -1.16. The molecule has 0 fully saturated rings. The van der Waals surface area contributed by atoms with E-state index in [4.69, 9.17) is 4.74 Å². The lowest BCUT2D eigenvalue weighted by Gasteiger charge is -2.40. The normalized spacial score (nSPS) is 23.8. The Labute approximate surface area is 177 Å². The van der Waals surface area contributed by atoms with Crippen molar-refractivity contribution in [2.45, 2.75) is 44.6 Å². The highest BCUT2D eigenvalue weighted by Crippen LogP contribution is 2.47. The van der Waals surface area contributed by atoms with Gasteiger partial charge in [0.25, 0.3) is 0 Å². The number of ether oxygens (including phenoxy) is 1. The molecular weight excluding hydrogens is 374 g/mol. The van der Waals surface area contributed by atoms with Crippen LogP contribution < -0.4 is 5.32 Å². The number of nitrogens with one attached hydrogen (secondary N) is 1. The fraction of sp³-hybridized carbons (Fsp3) is 0.308. The summed E-state index contributed by atoms with van der Waals surface area (Å²) in [6.07, 6.45) is 0.924. The Morgan fingerprint density at radius 3 is 2.20 bits per heavy atom. The van der Waals surface area contributed by atoms with E-state index in [2.05, 4.69) is 24.0 Å². The van der Waals surface area contributed by atoms with Gasteiger partial charge in [-0.25, -0.2) is 0 Å². The summed E-state index contributed by atoms with van der Waals surface area (Å²) in [6.45, 7) is 7.81. The van der Waals surface area contributed by atoms with Gasteiger partial charge < -0.3 is 10.1 Å². The standard InChI is InChI=1S/C26H27NO3/c1-16(2)30-26(29)23-17(3)27-21-14-20(18-10-6-4-7-11-18)15-22(28)25(21)24(23)19-12-8-5-9-13-19/h4-13,16,20,23-24,27H,3,14-15H2,1-2H3. The highest BCUT2D eigenvalue weighted by molar-refractivity contribution is 6.01. The van der Waals surface area contributed by atoms with Crippen LogP contribution in [0.15, 0.2) is 84.2 Å². The summed E-state index contributed by atoms with van der Waals surface area (Å²) < 4.78 is 5.54. The van der Waals surface area contributed by atoms with Gasteiger partial charge in [0.05, 0.1) is 6.10 Å². The fourth-order valence-corrected chi connectivity index (χ4v) is 4.61. The number of rotatable bonds is 4. The molecule has 1 heterocycles. The Hall–Kier alpha value is -3.14. The van der Waals surface area contributed by atoms with Gasteiger partial charge in [-0.1, -0.05) is 67.2 Å². The van der Waals surface area contributed by atoms with Crippen LogP contribution in [-0.4, -0.2) is 17.9 Å². The van der Waals surface area contributed by atoms with Crippen molar-refractivity contribution < 1.29 is 14.3 Å². The second-order valence-electron chi connectivity index (χ2n) is 8.33. The molecule has 1 N–H and O–H groups in total. The van der Waals surface area contributed by atoms with E-state index < -0.39 is 5.92 Å². The molecule has 0 radical (unpaired) electrons. The zero-order chi connectivity index (χ0) is 21.3. The summed E-state index contributed by atoms with van der Waals surface area (Å²) >= 11 is 0. The number of esters is 1. The van der Waals surface area contributed by atoms with Crippen molar-refractivity contribution in [3.05, 3.63) is 95.3 Å². The van der Waals surface area contributed by atoms with E-state index in [-0.39, 0.29) is 29.7 Å². The van der Waals surface area contributed by atoms with Crippen LogP contribution in [0.4, 0.5) is 0 Å². The third kappa shape index (κ3) is 3.82. The zero-order valence-corrected chi connectivity index (χ0v) is 17.4. The first kappa shape index (κ1) is 20.1.